The van der Waals surface area contributed by atoms with Crippen LogP contribution < -0.4 is 9.80 Å². The van der Waals surface area contributed by atoms with E-state index >= 15 is 0 Å². The van der Waals surface area contributed by atoms with Gasteiger partial charge in [0, 0.05) is 34.0 Å². The van der Waals surface area contributed by atoms with Gasteiger partial charge in [-0.05, 0) is 113 Å². The van der Waals surface area contributed by atoms with Crippen LogP contribution in [0.5, 0.6) is 0 Å². The summed E-state index contributed by atoms with van der Waals surface area (Å²) >= 11 is 2.74. The number of hydrogen-bond acceptors (Lipinski definition) is 12. The molecule has 2 N–H and O–H groups in total. The number of hydrogen-bond donors (Lipinski definition) is 2. The average Bonchev–Trinajstić information content (AvgIpc) is 4.12. The van der Waals surface area contributed by atoms with Gasteiger partial charge in [-0.25, -0.2) is 9.59 Å². The summed E-state index contributed by atoms with van der Waals surface area (Å²) in [5, 5.41) is 20.8. The molecule has 2 fully saturated rings. The van der Waals surface area contributed by atoms with Crippen molar-refractivity contribution in [2.75, 3.05) is 23.0 Å². The van der Waals surface area contributed by atoms with Crippen molar-refractivity contribution in [1.82, 2.24) is 0 Å². The molecule has 4 aromatic rings. The smallest absolute Gasteiger partial charge is 0.348 e. The summed E-state index contributed by atoms with van der Waals surface area (Å²) < 4.78 is 22.3. The van der Waals surface area contributed by atoms with E-state index in [2.05, 4.69) is 13.8 Å². The van der Waals surface area contributed by atoms with Crippen LogP contribution in [0.4, 0.5) is 11.4 Å². The molecule has 0 saturated carbocycles. The fraction of sp³-hybridized carbons (Fsp3) is 0.538. The van der Waals surface area contributed by atoms with Gasteiger partial charge >= 0.3 is 11.9 Å². The maximum absolute atomic E-state index is 12.5. The van der Waals surface area contributed by atoms with E-state index in [9.17, 15) is 29.4 Å². The summed E-state index contributed by atoms with van der Waals surface area (Å²) in [7, 11) is 0. The number of benzene rings is 2. The number of aliphatic hydroxyl groups is 2. The van der Waals surface area contributed by atoms with Crippen LogP contribution in [0.25, 0.3) is 0 Å². The Kier molecular flexibility index (Phi) is 21.3. The monoisotopic (exact) mass is 946 g/mol. The zero-order valence-corrected chi connectivity index (χ0v) is 41.2. The van der Waals surface area contributed by atoms with E-state index in [0.717, 1.165) is 96.5 Å². The fourth-order valence-electron chi connectivity index (χ4n) is 8.00. The number of amides is 2. The van der Waals surface area contributed by atoms with E-state index in [0.29, 0.717) is 49.0 Å². The first kappa shape index (κ1) is 52.5. The summed E-state index contributed by atoms with van der Waals surface area (Å²) in [6.45, 7) is 13.2. The molecular formula is C52H70N2O10S2. The number of aliphatic hydroxyl groups excluding tert-OH is 2. The average molecular weight is 947 g/mol. The highest BCUT2D eigenvalue weighted by Crippen LogP contribution is 2.32. The summed E-state index contributed by atoms with van der Waals surface area (Å²) in [5.41, 5.74) is 3.45. The highest BCUT2D eigenvalue weighted by Gasteiger charge is 2.34. The summed E-state index contributed by atoms with van der Waals surface area (Å²) in [6.07, 6.45) is 9.29. The van der Waals surface area contributed by atoms with E-state index in [1.165, 1.54) is 22.7 Å². The minimum absolute atomic E-state index is 0.0248. The summed E-state index contributed by atoms with van der Waals surface area (Å²) in [6, 6.07) is 22.6. The third-order valence-corrected chi connectivity index (χ3v) is 13.5. The lowest BCUT2D eigenvalue weighted by molar-refractivity contribution is -0.118. The summed E-state index contributed by atoms with van der Waals surface area (Å²) in [5.74, 6) is -0.440. The number of esters is 2. The van der Waals surface area contributed by atoms with Gasteiger partial charge in [-0.15, -0.1) is 22.7 Å². The Hall–Kier alpha value is -4.44. The van der Waals surface area contributed by atoms with Gasteiger partial charge in [0.1, 0.15) is 9.75 Å². The maximum atomic E-state index is 12.5. The minimum Gasteiger partial charge on any atom is -0.459 e. The second kappa shape index (κ2) is 26.8. The van der Waals surface area contributed by atoms with Gasteiger partial charge in [-0.3, -0.25) is 9.59 Å². The molecular weight excluding hydrogens is 877 g/mol. The van der Waals surface area contributed by atoms with Gasteiger partial charge in [0.25, 0.3) is 0 Å². The Bertz CT molecular complexity index is 1970. The van der Waals surface area contributed by atoms with E-state index in [-0.39, 0.29) is 48.0 Å². The lowest BCUT2D eigenvalue weighted by Gasteiger charge is -2.25. The zero-order valence-electron chi connectivity index (χ0n) is 39.6. The molecule has 2 unspecified atom stereocenters. The molecule has 14 heteroatoms. The number of anilines is 2. The number of rotatable bonds is 24. The second-order valence-corrected chi connectivity index (χ2v) is 19.9. The van der Waals surface area contributed by atoms with Crippen LogP contribution in [0.1, 0.15) is 171 Å². The largest absolute Gasteiger partial charge is 0.459 e. The molecule has 2 saturated heterocycles. The number of carbonyl (C=O) groups is 4. The molecule has 360 valence electrons. The van der Waals surface area contributed by atoms with Crippen LogP contribution >= 0.6 is 22.7 Å². The van der Waals surface area contributed by atoms with E-state index in [1.807, 2.05) is 98.2 Å². The molecule has 4 atom stereocenters. The van der Waals surface area contributed by atoms with Crippen LogP contribution in [0, 0.1) is 0 Å². The van der Waals surface area contributed by atoms with E-state index < -0.39 is 12.2 Å². The van der Waals surface area contributed by atoms with Crippen molar-refractivity contribution in [3.8, 4) is 0 Å². The molecule has 0 radical (unpaired) electrons. The first-order valence-electron chi connectivity index (χ1n) is 23.7. The Morgan fingerprint density at radius 2 is 0.970 bits per heavy atom. The Balaban J connectivity index is 0.000000247. The molecule has 2 aromatic heterocycles. The minimum atomic E-state index is -0.465. The van der Waals surface area contributed by atoms with Crippen LogP contribution in [0.2, 0.25) is 0 Å². The van der Waals surface area contributed by atoms with Crippen molar-refractivity contribution in [3.63, 3.8) is 0 Å². The van der Waals surface area contributed by atoms with Crippen molar-refractivity contribution in [2.45, 2.75) is 168 Å². The third kappa shape index (κ3) is 15.8. The van der Waals surface area contributed by atoms with Crippen LogP contribution in [-0.2, 0) is 41.8 Å². The molecule has 66 heavy (non-hydrogen) atoms. The van der Waals surface area contributed by atoms with Crippen LogP contribution in [0.15, 0.2) is 72.8 Å². The van der Waals surface area contributed by atoms with E-state index in [1.54, 1.807) is 12.1 Å². The maximum Gasteiger partial charge on any atom is 0.348 e. The van der Waals surface area contributed by atoms with Gasteiger partial charge < -0.3 is 39.0 Å². The predicted octanol–water partition coefficient (Wildman–Crippen LogP) is 11.3. The Morgan fingerprint density at radius 3 is 1.32 bits per heavy atom. The molecule has 2 aromatic carbocycles. The molecule has 2 amide bonds. The highest BCUT2D eigenvalue weighted by molar-refractivity contribution is 7.14. The van der Waals surface area contributed by atoms with Crippen molar-refractivity contribution in [2.24, 2.45) is 0 Å². The lowest BCUT2D eigenvalue weighted by atomic mass is 10.0. The van der Waals surface area contributed by atoms with Gasteiger partial charge in [0.2, 0.25) is 11.8 Å². The summed E-state index contributed by atoms with van der Waals surface area (Å²) in [4.78, 5) is 55.8. The number of unbranched alkanes of at least 4 members (excludes halogenated alkanes) is 4. The molecule has 4 heterocycles. The second-order valence-electron chi connectivity index (χ2n) is 17.6. The molecule has 6 rings (SSSR count). The van der Waals surface area contributed by atoms with Crippen molar-refractivity contribution >= 4 is 57.8 Å². The standard InChI is InChI=1S/2C26H35NO5S/c2*1-4-5-6-7-23(28)19-8-10-20(11-9-19)27-21(12-15-25(27)29)16-31-17-22-13-14-24(33-22)26(30)32-18(2)3/h2*8-11,13-14,18,21,23,28H,4-7,12,15-17H2,1-3H3/t2*21?,23-/m00/s1. The topological polar surface area (TPSA) is 152 Å². The molecule has 12 nitrogen and oxygen atoms in total. The van der Waals surface area contributed by atoms with Gasteiger partial charge in [0.05, 0.1) is 62.9 Å². The number of ether oxygens (including phenoxy) is 4. The zero-order chi connectivity index (χ0) is 47.6. The molecule has 0 bridgehead atoms. The SMILES string of the molecule is CCCCC[C@H](O)c1ccc(N2C(=O)CCC2COCc2ccc(C(=O)OC(C)C)s2)cc1.CCCCC[C@H](O)c1ccc(N2C(=O)CCC2COCc2ccc(C(=O)OC(C)C)s2)cc1. The van der Waals surface area contributed by atoms with Gasteiger partial charge in [0.15, 0.2) is 0 Å². The predicted molar refractivity (Wildman–Crippen MR) is 261 cm³/mol. The van der Waals surface area contributed by atoms with Crippen molar-refractivity contribution < 1.29 is 48.3 Å². The number of thiophene rings is 2. The van der Waals surface area contributed by atoms with Crippen molar-refractivity contribution in [3.05, 3.63) is 103 Å². The van der Waals surface area contributed by atoms with Gasteiger partial charge in [-0.2, -0.15) is 0 Å². The van der Waals surface area contributed by atoms with E-state index in [4.69, 9.17) is 18.9 Å². The molecule has 0 aliphatic carbocycles. The van der Waals surface area contributed by atoms with Crippen LogP contribution in [0.3, 0.4) is 0 Å². The third-order valence-electron chi connectivity index (χ3n) is 11.4. The molecule has 2 aliphatic rings. The highest BCUT2D eigenvalue weighted by atomic mass is 32.1. The first-order chi connectivity index (χ1) is 31.8. The molecule has 0 spiro atoms. The Morgan fingerprint density at radius 1 is 0.591 bits per heavy atom. The normalized spacial score (nSPS) is 17.1. The first-order valence-corrected chi connectivity index (χ1v) is 25.4. The Labute approximate surface area is 399 Å². The molecule has 2 aliphatic heterocycles. The van der Waals surface area contributed by atoms with Crippen LogP contribution in [-0.4, -0.2) is 71.5 Å². The van der Waals surface area contributed by atoms with Crippen molar-refractivity contribution in [1.29, 1.82) is 0 Å². The number of carbonyl (C=O) groups excluding carboxylic acids is 4. The fourth-order valence-corrected chi connectivity index (χ4v) is 9.66. The quantitative estimate of drug-likeness (QED) is 0.0513. The van der Waals surface area contributed by atoms with Gasteiger partial charge in [-0.1, -0.05) is 76.6 Å². The number of nitrogens with zero attached hydrogens (tertiary/aromatic N) is 2. The lowest BCUT2D eigenvalue weighted by Crippen LogP contribution is -2.36.